The molecule has 0 amide bonds. The van der Waals surface area contributed by atoms with Crippen LogP contribution in [0.5, 0.6) is 0 Å². The van der Waals surface area contributed by atoms with Gasteiger partial charge < -0.3 is 10.3 Å². The van der Waals surface area contributed by atoms with E-state index in [1.165, 1.54) is 0 Å². The van der Waals surface area contributed by atoms with E-state index in [4.69, 9.17) is 0 Å². The first kappa shape index (κ1) is 8.44. The first-order valence-electron chi connectivity index (χ1n) is 4.56. The Labute approximate surface area is 76.8 Å². The van der Waals surface area contributed by atoms with E-state index in [9.17, 15) is 4.79 Å². The van der Waals surface area contributed by atoms with Crippen molar-refractivity contribution in [3.8, 4) is 0 Å². The molecule has 2 rings (SSSR count). The Kier molecular flexibility index (Phi) is 2.14. The van der Waals surface area contributed by atoms with Gasteiger partial charge in [-0.1, -0.05) is 0 Å². The maximum Gasteiger partial charge on any atom is 0.214 e. The first-order valence-corrected chi connectivity index (χ1v) is 4.56. The lowest BCUT2D eigenvalue weighted by Gasteiger charge is -2.05. The molecule has 4 heteroatoms. The molecule has 13 heavy (non-hydrogen) atoms. The molecular weight excluding hydrogens is 166 g/mol. The molecule has 0 bridgehead atoms. The summed E-state index contributed by atoms with van der Waals surface area (Å²) in [4.78, 5) is 18.7. The fourth-order valence-electron chi connectivity index (χ4n) is 1.61. The minimum atomic E-state index is -0.0226. The highest BCUT2D eigenvalue weighted by Gasteiger charge is 2.24. The van der Waals surface area contributed by atoms with Crippen LogP contribution >= 0.6 is 0 Å². The van der Waals surface area contributed by atoms with Crippen LogP contribution in [-0.2, 0) is 0 Å². The van der Waals surface area contributed by atoms with Crippen LogP contribution in [-0.4, -0.2) is 28.3 Å². The predicted molar refractivity (Wildman–Crippen MR) is 48.7 cm³/mol. The van der Waals surface area contributed by atoms with E-state index in [1.807, 2.05) is 6.92 Å². The van der Waals surface area contributed by atoms with Crippen molar-refractivity contribution in [2.45, 2.75) is 25.8 Å². The topological polar surface area (TPSA) is 57.8 Å². The number of rotatable bonds is 2. The lowest BCUT2D eigenvalue weighted by atomic mass is 10.1. The van der Waals surface area contributed by atoms with E-state index in [1.54, 1.807) is 6.20 Å². The van der Waals surface area contributed by atoms with Crippen molar-refractivity contribution in [3.63, 3.8) is 0 Å². The van der Waals surface area contributed by atoms with Crippen molar-refractivity contribution in [1.29, 1.82) is 0 Å². The second-order valence-electron chi connectivity index (χ2n) is 3.43. The lowest BCUT2D eigenvalue weighted by molar-refractivity contribution is 0.0943. The molecule has 1 unspecified atom stereocenters. The van der Waals surface area contributed by atoms with Crippen LogP contribution in [0.2, 0.25) is 0 Å². The summed E-state index contributed by atoms with van der Waals surface area (Å²) in [6.07, 6.45) is 3.69. The minimum Gasteiger partial charge on any atom is -0.340 e. The minimum absolute atomic E-state index is 0.0226. The summed E-state index contributed by atoms with van der Waals surface area (Å²) in [5.74, 6) is 0.572. The van der Waals surface area contributed by atoms with Crippen molar-refractivity contribution >= 4 is 5.78 Å². The summed E-state index contributed by atoms with van der Waals surface area (Å²) >= 11 is 0. The number of Topliss-reactive ketones (excluding diaryl/α,β-unsaturated/α-hetero) is 1. The zero-order chi connectivity index (χ0) is 9.26. The number of aryl methyl sites for hydroxylation is 1. The van der Waals surface area contributed by atoms with Crippen molar-refractivity contribution in [1.82, 2.24) is 15.3 Å². The predicted octanol–water partition coefficient (Wildman–Crippen LogP) is 0.653. The molecule has 1 fully saturated rings. The number of hydrogen-bond donors (Lipinski definition) is 2. The second kappa shape index (κ2) is 3.30. The van der Waals surface area contributed by atoms with Gasteiger partial charge in [0, 0.05) is 11.9 Å². The lowest BCUT2D eigenvalue weighted by Crippen LogP contribution is -2.31. The Balaban J connectivity index is 2.12. The Morgan fingerprint density at radius 2 is 2.54 bits per heavy atom. The summed E-state index contributed by atoms with van der Waals surface area (Å²) in [7, 11) is 0. The summed E-state index contributed by atoms with van der Waals surface area (Å²) in [5.41, 5.74) is 0.932. The second-order valence-corrected chi connectivity index (χ2v) is 3.43. The van der Waals surface area contributed by atoms with E-state index in [2.05, 4.69) is 15.3 Å². The van der Waals surface area contributed by atoms with E-state index < -0.39 is 0 Å². The molecule has 1 saturated heterocycles. The smallest absolute Gasteiger partial charge is 0.214 e. The number of carbonyl (C=O) groups excluding carboxylic acids is 1. The van der Waals surface area contributed by atoms with Crippen molar-refractivity contribution in [3.05, 3.63) is 17.7 Å². The van der Waals surface area contributed by atoms with Gasteiger partial charge in [0.05, 0.1) is 6.04 Å². The molecule has 1 aliphatic heterocycles. The number of H-pyrrole nitrogens is 1. The highest BCUT2D eigenvalue weighted by molar-refractivity contribution is 5.97. The van der Waals surface area contributed by atoms with Crippen LogP contribution < -0.4 is 5.32 Å². The van der Waals surface area contributed by atoms with Gasteiger partial charge in [0.15, 0.2) is 5.82 Å². The maximum atomic E-state index is 11.7. The third-order valence-electron chi connectivity index (χ3n) is 2.31. The van der Waals surface area contributed by atoms with Gasteiger partial charge in [0.25, 0.3) is 0 Å². The molecule has 0 saturated carbocycles. The quantitative estimate of drug-likeness (QED) is 0.655. The molecule has 1 aliphatic rings. The normalized spacial score (nSPS) is 22.1. The molecule has 0 spiro atoms. The largest absolute Gasteiger partial charge is 0.340 e. The van der Waals surface area contributed by atoms with Gasteiger partial charge in [-0.25, -0.2) is 4.98 Å². The molecule has 0 radical (unpaired) electrons. The highest BCUT2D eigenvalue weighted by Crippen LogP contribution is 2.09. The van der Waals surface area contributed by atoms with Gasteiger partial charge in [0.2, 0.25) is 5.78 Å². The third-order valence-corrected chi connectivity index (χ3v) is 2.31. The van der Waals surface area contributed by atoms with Gasteiger partial charge in [-0.2, -0.15) is 0 Å². The number of hydrogen-bond acceptors (Lipinski definition) is 3. The SMILES string of the molecule is Cc1cnc(C(=O)C2CCCN2)[nH]1. The van der Waals surface area contributed by atoms with Crippen molar-refractivity contribution in [2.24, 2.45) is 0 Å². The number of imidazole rings is 1. The van der Waals surface area contributed by atoms with Crippen LogP contribution in [0, 0.1) is 6.92 Å². The maximum absolute atomic E-state index is 11.7. The molecule has 1 atom stereocenters. The summed E-state index contributed by atoms with van der Waals surface area (Å²) < 4.78 is 0. The van der Waals surface area contributed by atoms with Gasteiger partial charge in [-0.3, -0.25) is 4.79 Å². The highest BCUT2D eigenvalue weighted by atomic mass is 16.1. The van der Waals surface area contributed by atoms with Gasteiger partial charge in [-0.15, -0.1) is 0 Å². The Morgan fingerprint density at radius 1 is 1.69 bits per heavy atom. The standard InChI is InChI=1S/C9H13N3O/c1-6-5-11-9(12-6)8(13)7-3-2-4-10-7/h5,7,10H,2-4H2,1H3,(H,11,12). The number of nitrogens with zero attached hydrogens (tertiary/aromatic N) is 1. The summed E-state index contributed by atoms with van der Waals surface area (Å²) in [5, 5.41) is 3.15. The molecule has 0 aromatic carbocycles. The molecule has 0 aliphatic carbocycles. The Hall–Kier alpha value is -1.16. The van der Waals surface area contributed by atoms with Gasteiger partial charge >= 0.3 is 0 Å². The van der Waals surface area contributed by atoms with E-state index in [0.717, 1.165) is 25.1 Å². The summed E-state index contributed by atoms with van der Waals surface area (Å²) in [6, 6.07) is -0.0226. The first-order chi connectivity index (χ1) is 6.27. The van der Waals surface area contributed by atoms with Gasteiger partial charge in [0.1, 0.15) is 0 Å². The van der Waals surface area contributed by atoms with Crippen LogP contribution in [0.4, 0.5) is 0 Å². The molecular formula is C9H13N3O. The van der Waals surface area contributed by atoms with E-state index in [0.29, 0.717) is 5.82 Å². The molecule has 2 N–H and O–H groups in total. The zero-order valence-corrected chi connectivity index (χ0v) is 7.63. The average Bonchev–Trinajstić information content (AvgIpc) is 2.72. The molecule has 1 aromatic rings. The van der Waals surface area contributed by atoms with Crippen LogP contribution in [0.15, 0.2) is 6.20 Å². The van der Waals surface area contributed by atoms with Crippen molar-refractivity contribution < 1.29 is 4.79 Å². The molecule has 1 aromatic heterocycles. The third kappa shape index (κ3) is 1.62. The molecule has 4 nitrogen and oxygen atoms in total. The van der Waals surface area contributed by atoms with Crippen LogP contribution in [0.3, 0.4) is 0 Å². The Morgan fingerprint density at radius 3 is 3.08 bits per heavy atom. The van der Waals surface area contributed by atoms with Gasteiger partial charge in [-0.05, 0) is 26.3 Å². The number of ketones is 1. The van der Waals surface area contributed by atoms with Crippen LogP contribution in [0.25, 0.3) is 0 Å². The van der Waals surface area contributed by atoms with E-state index >= 15 is 0 Å². The number of nitrogens with one attached hydrogen (secondary N) is 2. The fraction of sp³-hybridized carbons (Fsp3) is 0.556. The van der Waals surface area contributed by atoms with Crippen molar-refractivity contribution in [2.75, 3.05) is 6.54 Å². The summed E-state index contributed by atoms with van der Waals surface area (Å²) in [6.45, 7) is 2.84. The number of aromatic nitrogens is 2. The average molecular weight is 179 g/mol. The zero-order valence-electron chi connectivity index (χ0n) is 7.63. The molecule has 70 valence electrons. The number of carbonyl (C=O) groups is 1. The van der Waals surface area contributed by atoms with E-state index in [-0.39, 0.29) is 11.8 Å². The number of aromatic amines is 1. The molecule has 2 heterocycles. The monoisotopic (exact) mass is 179 g/mol. The fourth-order valence-corrected chi connectivity index (χ4v) is 1.61. The Bertz CT molecular complexity index is 312. The van der Waals surface area contributed by atoms with Crippen LogP contribution in [0.1, 0.15) is 29.2 Å².